The Balaban J connectivity index is 1.63. The van der Waals surface area contributed by atoms with Crippen LogP contribution < -0.4 is 25.0 Å². The zero-order valence-corrected chi connectivity index (χ0v) is 18.2. The van der Waals surface area contributed by atoms with Crippen molar-refractivity contribution in [3.05, 3.63) is 65.7 Å². The van der Waals surface area contributed by atoms with Crippen LogP contribution in [0.1, 0.15) is 22.8 Å². The first kappa shape index (κ1) is 22.6. The second-order valence-electron chi connectivity index (χ2n) is 6.68. The molecule has 32 heavy (non-hydrogen) atoms. The van der Waals surface area contributed by atoms with Gasteiger partial charge in [-0.3, -0.25) is 9.59 Å². The highest BCUT2D eigenvalue weighted by Gasteiger charge is 2.12. The number of ether oxygens (including phenoxy) is 3. The van der Waals surface area contributed by atoms with Crippen molar-refractivity contribution in [1.82, 2.24) is 10.7 Å². The van der Waals surface area contributed by atoms with Crippen LogP contribution >= 0.6 is 0 Å². The number of amides is 2. The van der Waals surface area contributed by atoms with Crippen LogP contribution in [0.15, 0.2) is 59.7 Å². The summed E-state index contributed by atoms with van der Waals surface area (Å²) in [6.07, 6.45) is 1.54. The number of rotatable bonds is 9. The summed E-state index contributed by atoms with van der Waals surface area (Å²) in [6.45, 7) is 2.17. The minimum absolute atomic E-state index is 0.238. The van der Waals surface area contributed by atoms with Gasteiger partial charge in [0.1, 0.15) is 5.75 Å². The molecule has 3 rings (SSSR count). The van der Waals surface area contributed by atoms with E-state index in [2.05, 4.69) is 15.8 Å². The molecule has 0 aliphatic carbocycles. The summed E-state index contributed by atoms with van der Waals surface area (Å²) in [4.78, 5) is 24.5. The Morgan fingerprint density at radius 3 is 2.47 bits per heavy atom. The van der Waals surface area contributed by atoms with Crippen molar-refractivity contribution in [2.24, 2.45) is 5.10 Å². The van der Waals surface area contributed by atoms with Crippen molar-refractivity contribution >= 4 is 28.8 Å². The number of fused-ring (bicyclic) bond motifs is 1. The van der Waals surface area contributed by atoms with Gasteiger partial charge in [-0.2, -0.15) is 5.10 Å². The number of hydrazone groups is 1. The van der Waals surface area contributed by atoms with Gasteiger partial charge in [-0.25, -0.2) is 5.43 Å². The largest absolute Gasteiger partial charge is 0.493 e. The van der Waals surface area contributed by atoms with Crippen molar-refractivity contribution in [2.75, 3.05) is 27.4 Å². The van der Waals surface area contributed by atoms with E-state index in [-0.39, 0.29) is 6.54 Å². The van der Waals surface area contributed by atoms with Gasteiger partial charge in [0.25, 0.3) is 11.8 Å². The van der Waals surface area contributed by atoms with Crippen molar-refractivity contribution in [3.8, 4) is 17.2 Å². The smallest absolute Gasteiger partial charge is 0.259 e. The van der Waals surface area contributed by atoms with E-state index in [0.29, 0.717) is 29.4 Å². The fourth-order valence-electron chi connectivity index (χ4n) is 3.14. The van der Waals surface area contributed by atoms with Gasteiger partial charge in [0.2, 0.25) is 0 Å². The number of hydrogen-bond acceptors (Lipinski definition) is 6. The summed E-state index contributed by atoms with van der Waals surface area (Å²) in [6, 6.07) is 16.4. The quantitative estimate of drug-likeness (QED) is 0.398. The predicted molar refractivity (Wildman–Crippen MR) is 123 cm³/mol. The Hall–Kier alpha value is -4.07. The average Bonchev–Trinajstić information content (AvgIpc) is 2.83. The molecule has 8 nitrogen and oxygen atoms in total. The predicted octanol–water partition coefficient (Wildman–Crippen LogP) is 3.14. The molecule has 0 atom stereocenters. The number of benzene rings is 3. The number of carbonyl (C=O) groups excluding carboxylic acids is 2. The summed E-state index contributed by atoms with van der Waals surface area (Å²) >= 11 is 0. The molecule has 0 saturated carbocycles. The lowest BCUT2D eigenvalue weighted by Crippen LogP contribution is -2.34. The van der Waals surface area contributed by atoms with E-state index in [1.807, 2.05) is 43.3 Å². The van der Waals surface area contributed by atoms with Crippen LogP contribution in [0.25, 0.3) is 10.8 Å². The Morgan fingerprint density at radius 1 is 0.969 bits per heavy atom. The Labute approximate surface area is 186 Å². The van der Waals surface area contributed by atoms with Gasteiger partial charge < -0.3 is 19.5 Å². The van der Waals surface area contributed by atoms with Gasteiger partial charge in [0.15, 0.2) is 11.5 Å². The van der Waals surface area contributed by atoms with Gasteiger partial charge in [0.05, 0.1) is 33.6 Å². The fraction of sp³-hybridized carbons (Fsp3) is 0.208. The van der Waals surface area contributed by atoms with Gasteiger partial charge >= 0.3 is 0 Å². The molecular weight excluding hydrogens is 410 g/mol. The molecule has 0 aliphatic rings. The monoisotopic (exact) mass is 435 g/mol. The zero-order chi connectivity index (χ0) is 22.9. The van der Waals surface area contributed by atoms with Crippen LogP contribution in [0.3, 0.4) is 0 Å². The summed E-state index contributed by atoms with van der Waals surface area (Å²) in [5.41, 5.74) is 3.54. The second kappa shape index (κ2) is 10.8. The molecule has 0 aromatic heterocycles. The lowest BCUT2D eigenvalue weighted by Gasteiger charge is -2.10. The highest BCUT2D eigenvalue weighted by atomic mass is 16.5. The highest BCUT2D eigenvalue weighted by molar-refractivity contribution is 6.03. The van der Waals surface area contributed by atoms with Crippen molar-refractivity contribution in [2.45, 2.75) is 6.92 Å². The molecule has 0 saturated heterocycles. The Bertz CT molecular complexity index is 1140. The minimum Gasteiger partial charge on any atom is -0.493 e. The number of nitrogens with zero attached hydrogens (tertiary/aromatic N) is 1. The summed E-state index contributed by atoms with van der Waals surface area (Å²) in [5, 5.41) is 8.58. The maximum Gasteiger partial charge on any atom is 0.259 e. The first-order valence-corrected chi connectivity index (χ1v) is 10.0. The molecule has 0 fully saturated rings. The number of nitrogens with one attached hydrogen (secondary N) is 2. The normalized spacial score (nSPS) is 10.7. The molecule has 8 heteroatoms. The topological polar surface area (TPSA) is 98.2 Å². The Morgan fingerprint density at radius 2 is 1.72 bits per heavy atom. The standard InChI is InChI=1S/C24H25N3O5/c1-4-32-20-11-9-16-7-5-6-8-18(16)19(20)14-26-27-23(28)15-25-24(29)17-10-12-21(30-2)22(13-17)31-3/h5-14H,4,15H2,1-3H3,(H,25,29)(H,27,28)/b26-14+. The number of carbonyl (C=O) groups is 2. The molecule has 0 bridgehead atoms. The fourth-order valence-corrected chi connectivity index (χ4v) is 3.14. The number of methoxy groups -OCH3 is 2. The van der Waals surface area contributed by atoms with Crippen molar-refractivity contribution in [3.63, 3.8) is 0 Å². The molecule has 0 heterocycles. The van der Waals surface area contributed by atoms with E-state index in [9.17, 15) is 9.59 Å². The molecule has 3 aromatic rings. The van der Waals surface area contributed by atoms with E-state index in [1.54, 1.807) is 24.4 Å². The van der Waals surface area contributed by atoms with Crippen molar-refractivity contribution in [1.29, 1.82) is 0 Å². The maximum atomic E-state index is 12.3. The van der Waals surface area contributed by atoms with E-state index in [4.69, 9.17) is 14.2 Å². The van der Waals surface area contributed by atoms with Gasteiger partial charge in [-0.05, 0) is 42.0 Å². The maximum absolute atomic E-state index is 12.3. The lowest BCUT2D eigenvalue weighted by atomic mass is 10.0. The third-order valence-corrected chi connectivity index (χ3v) is 4.67. The van der Waals surface area contributed by atoms with Gasteiger partial charge in [-0.1, -0.05) is 30.3 Å². The molecule has 0 unspecified atom stereocenters. The third kappa shape index (κ3) is 5.34. The van der Waals surface area contributed by atoms with Crippen LogP contribution in [-0.4, -0.2) is 45.4 Å². The summed E-state index contributed by atoms with van der Waals surface area (Å²) < 4.78 is 16.0. The summed E-state index contributed by atoms with van der Waals surface area (Å²) in [5.74, 6) is 0.724. The lowest BCUT2D eigenvalue weighted by molar-refractivity contribution is -0.120. The van der Waals surface area contributed by atoms with Crippen LogP contribution in [-0.2, 0) is 4.79 Å². The van der Waals surface area contributed by atoms with E-state index >= 15 is 0 Å². The average molecular weight is 435 g/mol. The Kier molecular flexibility index (Phi) is 7.64. The van der Waals surface area contributed by atoms with Crippen LogP contribution in [0, 0.1) is 0 Å². The molecule has 3 aromatic carbocycles. The van der Waals surface area contributed by atoms with Crippen LogP contribution in [0.2, 0.25) is 0 Å². The van der Waals surface area contributed by atoms with Crippen LogP contribution in [0.4, 0.5) is 0 Å². The first-order valence-electron chi connectivity index (χ1n) is 10.0. The SMILES string of the molecule is CCOc1ccc2ccccc2c1/C=N/NC(=O)CNC(=O)c1ccc(OC)c(OC)c1. The molecule has 0 radical (unpaired) electrons. The second-order valence-corrected chi connectivity index (χ2v) is 6.68. The van der Waals surface area contributed by atoms with E-state index < -0.39 is 11.8 Å². The van der Waals surface area contributed by atoms with E-state index in [0.717, 1.165) is 16.3 Å². The molecular formula is C24H25N3O5. The highest BCUT2D eigenvalue weighted by Crippen LogP contribution is 2.28. The molecule has 0 spiro atoms. The van der Waals surface area contributed by atoms with Gasteiger partial charge in [-0.15, -0.1) is 0 Å². The van der Waals surface area contributed by atoms with E-state index in [1.165, 1.54) is 14.2 Å². The molecule has 166 valence electrons. The minimum atomic E-state index is -0.465. The zero-order valence-electron chi connectivity index (χ0n) is 18.2. The van der Waals surface area contributed by atoms with Crippen molar-refractivity contribution < 1.29 is 23.8 Å². The number of hydrogen-bond donors (Lipinski definition) is 2. The van der Waals surface area contributed by atoms with Crippen LogP contribution in [0.5, 0.6) is 17.2 Å². The first-order chi connectivity index (χ1) is 15.6. The third-order valence-electron chi connectivity index (χ3n) is 4.67. The molecule has 2 N–H and O–H groups in total. The summed E-state index contributed by atoms with van der Waals surface area (Å²) in [7, 11) is 3.00. The van der Waals surface area contributed by atoms with Gasteiger partial charge in [0, 0.05) is 11.1 Å². The molecule has 2 amide bonds. The molecule has 0 aliphatic heterocycles.